The van der Waals surface area contributed by atoms with Crippen LogP contribution in [-0.4, -0.2) is 23.3 Å². The lowest BCUT2D eigenvalue weighted by molar-refractivity contribution is 0.0697. The molecule has 4 heteroatoms. The summed E-state index contributed by atoms with van der Waals surface area (Å²) in [5, 5.41) is 18.9. The van der Waals surface area contributed by atoms with Crippen molar-refractivity contribution in [2.45, 2.75) is 6.92 Å². The highest BCUT2D eigenvalue weighted by Gasteiger charge is 2.16. The number of phenols is 1. The van der Waals surface area contributed by atoms with E-state index >= 15 is 0 Å². The Hall–Kier alpha value is -2.75. The molecule has 0 saturated carbocycles. The minimum absolute atomic E-state index is 0.00887. The third kappa shape index (κ3) is 3.05. The predicted octanol–water partition coefficient (Wildman–Crippen LogP) is 3.80. The van der Waals surface area contributed by atoms with E-state index < -0.39 is 5.97 Å². The Labute approximate surface area is 122 Å². The van der Waals surface area contributed by atoms with Gasteiger partial charge in [0.05, 0.1) is 12.7 Å². The molecule has 2 aromatic carbocycles. The number of benzene rings is 2. The van der Waals surface area contributed by atoms with Gasteiger partial charge in [0.2, 0.25) is 0 Å². The van der Waals surface area contributed by atoms with E-state index in [1.807, 2.05) is 31.2 Å². The first kappa shape index (κ1) is 14.7. The van der Waals surface area contributed by atoms with Crippen molar-refractivity contribution in [1.82, 2.24) is 0 Å². The van der Waals surface area contributed by atoms with Crippen LogP contribution in [0.15, 0.2) is 42.5 Å². The molecule has 0 heterocycles. The van der Waals surface area contributed by atoms with Crippen LogP contribution in [0.25, 0.3) is 17.2 Å². The van der Waals surface area contributed by atoms with Crippen molar-refractivity contribution < 1.29 is 19.7 Å². The predicted molar refractivity (Wildman–Crippen MR) is 81.8 cm³/mol. The normalized spacial score (nSPS) is 10.8. The summed E-state index contributed by atoms with van der Waals surface area (Å²) in [4.78, 5) is 11.3. The van der Waals surface area contributed by atoms with Crippen LogP contribution in [0.5, 0.6) is 11.5 Å². The van der Waals surface area contributed by atoms with E-state index in [1.165, 1.54) is 25.3 Å². The zero-order valence-electron chi connectivity index (χ0n) is 11.8. The number of aromatic carboxylic acids is 1. The lowest BCUT2D eigenvalue weighted by atomic mass is 9.97. The van der Waals surface area contributed by atoms with Crippen molar-refractivity contribution in [2.75, 3.05) is 7.11 Å². The second-order valence-electron chi connectivity index (χ2n) is 4.49. The first-order valence-electron chi connectivity index (χ1n) is 6.44. The molecule has 0 aliphatic rings. The highest BCUT2D eigenvalue weighted by molar-refractivity contribution is 5.97. The summed E-state index contributed by atoms with van der Waals surface area (Å²) in [5.41, 5.74) is 2.12. The average molecular weight is 284 g/mol. The lowest BCUT2D eigenvalue weighted by Crippen LogP contribution is -2.00. The quantitative estimate of drug-likeness (QED) is 0.896. The molecule has 21 heavy (non-hydrogen) atoms. The van der Waals surface area contributed by atoms with Gasteiger partial charge in [-0.15, -0.1) is 0 Å². The molecule has 0 aliphatic carbocycles. The molecule has 4 nitrogen and oxygen atoms in total. The fraction of sp³-hybridized carbons (Fsp3) is 0.118. The second kappa shape index (κ2) is 6.13. The van der Waals surface area contributed by atoms with Gasteiger partial charge in [-0.25, -0.2) is 4.79 Å². The highest BCUT2D eigenvalue weighted by Crippen LogP contribution is 2.35. The Morgan fingerprint density at radius 3 is 2.52 bits per heavy atom. The number of carboxylic acid groups (broad SMARTS) is 1. The fourth-order valence-corrected chi connectivity index (χ4v) is 2.17. The first-order chi connectivity index (χ1) is 10.1. The maximum absolute atomic E-state index is 11.3. The summed E-state index contributed by atoms with van der Waals surface area (Å²) in [5.74, 6) is -0.488. The van der Waals surface area contributed by atoms with Crippen LogP contribution in [-0.2, 0) is 0 Å². The molecule has 2 aromatic rings. The summed E-state index contributed by atoms with van der Waals surface area (Å²) in [6.45, 7) is 1.91. The number of methoxy groups -OCH3 is 1. The Morgan fingerprint density at radius 2 is 1.90 bits per heavy atom. The van der Waals surface area contributed by atoms with Gasteiger partial charge in [0.15, 0.2) is 0 Å². The van der Waals surface area contributed by atoms with Gasteiger partial charge in [-0.2, -0.15) is 0 Å². The molecule has 0 spiro atoms. The highest BCUT2D eigenvalue weighted by atomic mass is 16.5. The smallest absolute Gasteiger partial charge is 0.336 e. The zero-order valence-corrected chi connectivity index (χ0v) is 11.8. The van der Waals surface area contributed by atoms with Gasteiger partial charge >= 0.3 is 5.97 Å². The van der Waals surface area contributed by atoms with Crippen LogP contribution in [0, 0.1) is 0 Å². The molecule has 2 N–H and O–H groups in total. The second-order valence-corrected chi connectivity index (χ2v) is 4.49. The van der Waals surface area contributed by atoms with E-state index in [9.17, 15) is 15.0 Å². The number of ether oxygens (including phenoxy) is 1. The summed E-state index contributed by atoms with van der Waals surface area (Å²) in [7, 11) is 1.53. The number of hydrogen-bond acceptors (Lipinski definition) is 3. The van der Waals surface area contributed by atoms with Gasteiger partial charge < -0.3 is 14.9 Å². The van der Waals surface area contributed by atoms with Crippen LogP contribution in [0.3, 0.4) is 0 Å². The first-order valence-corrected chi connectivity index (χ1v) is 6.44. The molecule has 0 saturated heterocycles. The van der Waals surface area contributed by atoms with Crippen molar-refractivity contribution in [1.29, 1.82) is 0 Å². The van der Waals surface area contributed by atoms with Gasteiger partial charge in [-0.05, 0) is 36.8 Å². The Balaban J connectivity index is 2.66. The molecule has 0 bridgehead atoms. The van der Waals surface area contributed by atoms with E-state index in [0.717, 1.165) is 5.56 Å². The topological polar surface area (TPSA) is 66.8 Å². The van der Waals surface area contributed by atoms with Gasteiger partial charge in [0, 0.05) is 11.1 Å². The largest absolute Gasteiger partial charge is 0.508 e. The minimum atomic E-state index is -1.05. The maximum atomic E-state index is 11.3. The Bertz CT molecular complexity index is 702. The molecule has 0 radical (unpaired) electrons. The van der Waals surface area contributed by atoms with Crippen LogP contribution < -0.4 is 4.74 Å². The number of carbonyl (C=O) groups is 1. The van der Waals surface area contributed by atoms with Crippen LogP contribution in [0.4, 0.5) is 0 Å². The zero-order chi connectivity index (χ0) is 15.4. The molecular weight excluding hydrogens is 268 g/mol. The Kier molecular flexibility index (Phi) is 4.28. The molecule has 0 aliphatic heterocycles. The third-order valence-electron chi connectivity index (χ3n) is 3.11. The number of rotatable bonds is 4. The molecule has 108 valence electrons. The van der Waals surface area contributed by atoms with E-state index in [2.05, 4.69) is 0 Å². The standard InChI is InChI=1S/C17H16O4/c1-3-4-11-5-7-13(16(9-11)21-2)15-10-12(18)6-8-14(15)17(19)20/h3-10,18H,1-2H3,(H,19,20)/b4-3+. The summed E-state index contributed by atoms with van der Waals surface area (Å²) in [6, 6.07) is 9.64. The molecular formula is C17H16O4. The minimum Gasteiger partial charge on any atom is -0.508 e. The van der Waals surface area contributed by atoms with Crippen molar-refractivity contribution in [3.05, 3.63) is 53.6 Å². The van der Waals surface area contributed by atoms with Crippen molar-refractivity contribution in [3.63, 3.8) is 0 Å². The number of phenolic OH excluding ortho intramolecular Hbond substituents is 1. The summed E-state index contributed by atoms with van der Waals surface area (Å²) >= 11 is 0. The van der Waals surface area contributed by atoms with E-state index in [1.54, 1.807) is 6.07 Å². The van der Waals surface area contributed by atoms with E-state index in [0.29, 0.717) is 16.9 Å². The van der Waals surface area contributed by atoms with Crippen molar-refractivity contribution in [3.8, 4) is 22.6 Å². The molecule has 0 amide bonds. The molecule has 2 rings (SSSR count). The molecule has 0 unspecified atom stereocenters. The number of allylic oxidation sites excluding steroid dienone is 1. The Morgan fingerprint density at radius 1 is 1.14 bits per heavy atom. The van der Waals surface area contributed by atoms with Crippen molar-refractivity contribution in [2.24, 2.45) is 0 Å². The monoisotopic (exact) mass is 284 g/mol. The van der Waals surface area contributed by atoms with Crippen LogP contribution >= 0.6 is 0 Å². The molecule has 0 fully saturated rings. The number of carboxylic acids is 1. The number of aromatic hydroxyl groups is 1. The maximum Gasteiger partial charge on any atom is 0.336 e. The number of hydrogen-bond donors (Lipinski definition) is 2. The van der Waals surface area contributed by atoms with Gasteiger partial charge in [-0.3, -0.25) is 0 Å². The summed E-state index contributed by atoms with van der Waals surface area (Å²) in [6.07, 6.45) is 3.83. The molecule has 0 atom stereocenters. The molecule has 0 aromatic heterocycles. The van der Waals surface area contributed by atoms with E-state index in [4.69, 9.17) is 4.74 Å². The lowest BCUT2D eigenvalue weighted by Gasteiger charge is -2.12. The van der Waals surface area contributed by atoms with E-state index in [-0.39, 0.29) is 11.3 Å². The van der Waals surface area contributed by atoms with Crippen molar-refractivity contribution >= 4 is 12.0 Å². The van der Waals surface area contributed by atoms with Gasteiger partial charge in [0.1, 0.15) is 11.5 Å². The van der Waals surface area contributed by atoms with Crippen LogP contribution in [0.1, 0.15) is 22.8 Å². The van der Waals surface area contributed by atoms with Gasteiger partial charge in [-0.1, -0.05) is 24.3 Å². The summed E-state index contributed by atoms with van der Waals surface area (Å²) < 4.78 is 5.35. The third-order valence-corrected chi connectivity index (χ3v) is 3.11. The average Bonchev–Trinajstić information content (AvgIpc) is 2.47. The van der Waals surface area contributed by atoms with Gasteiger partial charge in [0.25, 0.3) is 0 Å². The fourth-order valence-electron chi connectivity index (χ4n) is 2.17. The SMILES string of the molecule is C/C=C/c1ccc(-c2cc(O)ccc2C(=O)O)c(OC)c1. The van der Waals surface area contributed by atoms with Crippen LogP contribution in [0.2, 0.25) is 0 Å².